The maximum atomic E-state index is 12.5. The number of nitrogens with zero attached hydrogens (tertiary/aromatic N) is 2. The zero-order valence-corrected chi connectivity index (χ0v) is 13.4. The lowest BCUT2D eigenvalue weighted by Gasteiger charge is -2.21. The van der Waals surface area contributed by atoms with Gasteiger partial charge in [-0.25, -0.2) is 9.78 Å². The first-order valence-electron chi connectivity index (χ1n) is 7.36. The monoisotopic (exact) mass is 320 g/mol. The Morgan fingerprint density at radius 1 is 1.35 bits per heavy atom. The number of carbonyl (C=O) groups is 2. The van der Waals surface area contributed by atoms with E-state index in [0.717, 1.165) is 6.42 Å². The number of rotatable bonds is 7. The summed E-state index contributed by atoms with van der Waals surface area (Å²) in [4.78, 5) is 29.5. The van der Waals surface area contributed by atoms with E-state index in [1.807, 2.05) is 0 Å². The molecular weight excluding hydrogens is 300 g/mol. The molecule has 0 aromatic carbocycles. The highest BCUT2D eigenvalue weighted by atomic mass is 16.5. The molecule has 7 heteroatoms. The van der Waals surface area contributed by atoms with Gasteiger partial charge in [0, 0.05) is 6.54 Å². The van der Waals surface area contributed by atoms with E-state index in [4.69, 9.17) is 8.83 Å². The number of ether oxygens (including phenoxy) is 1. The summed E-state index contributed by atoms with van der Waals surface area (Å²) in [5.41, 5.74) is 0.0803. The van der Waals surface area contributed by atoms with Crippen LogP contribution in [-0.4, -0.2) is 35.4 Å². The van der Waals surface area contributed by atoms with Crippen LogP contribution in [0.25, 0.3) is 0 Å². The molecule has 1 amide bonds. The Kier molecular flexibility index (Phi) is 5.56. The number of oxazole rings is 1. The smallest absolute Gasteiger partial charge is 0.360 e. The number of aromatic nitrogens is 1. The van der Waals surface area contributed by atoms with Gasteiger partial charge in [-0.3, -0.25) is 4.79 Å². The second-order valence-electron chi connectivity index (χ2n) is 5.50. The summed E-state index contributed by atoms with van der Waals surface area (Å²) in [6.07, 6.45) is 3.50. The molecule has 0 saturated carbocycles. The molecule has 0 aliphatic carbocycles. The van der Waals surface area contributed by atoms with E-state index in [0.29, 0.717) is 12.5 Å². The highest BCUT2D eigenvalue weighted by Gasteiger charge is 2.22. The van der Waals surface area contributed by atoms with Crippen molar-refractivity contribution in [3.05, 3.63) is 42.0 Å². The van der Waals surface area contributed by atoms with E-state index >= 15 is 0 Å². The van der Waals surface area contributed by atoms with Crippen molar-refractivity contribution in [1.29, 1.82) is 0 Å². The molecule has 2 heterocycles. The minimum Gasteiger partial charge on any atom is -0.464 e. The lowest BCUT2D eigenvalue weighted by molar-refractivity contribution is 0.0594. The molecule has 0 aliphatic rings. The highest BCUT2D eigenvalue weighted by molar-refractivity contribution is 5.91. The van der Waals surface area contributed by atoms with Gasteiger partial charge >= 0.3 is 5.97 Å². The molecule has 2 aromatic rings. The van der Waals surface area contributed by atoms with Gasteiger partial charge in [-0.1, -0.05) is 13.8 Å². The Labute approximate surface area is 134 Å². The third-order valence-electron chi connectivity index (χ3n) is 3.27. The zero-order chi connectivity index (χ0) is 16.8. The molecule has 2 rings (SSSR count). The Hall–Kier alpha value is -2.57. The van der Waals surface area contributed by atoms with E-state index in [9.17, 15) is 9.59 Å². The van der Waals surface area contributed by atoms with Gasteiger partial charge in [-0.15, -0.1) is 0 Å². The van der Waals surface area contributed by atoms with E-state index in [-0.39, 0.29) is 29.8 Å². The molecular formula is C16H20N2O5. The largest absolute Gasteiger partial charge is 0.464 e. The molecule has 0 N–H and O–H groups in total. The SMILES string of the molecule is COC(=O)c1coc(CN(CCC(C)C)C(=O)c2ccco2)n1. The second kappa shape index (κ2) is 7.62. The average Bonchev–Trinajstić information content (AvgIpc) is 3.21. The van der Waals surface area contributed by atoms with Crippen molar-refractivity contribution in [2.24, 2.45) is 5.92 Å². The summed E-state index contributed by atoms with van der Waals surface area (Å²) in [5.74, 6) is 0.152. The predicted octanol–water partition coefficient (Wildman–Crippen LogP) is 2.74. The summed E-state index contributed by atoms with van der Waals surface area (Å²) in [7, 11) is 1.27. The predicted molar refractivity (Wildman–Crippen MR) is 80.7 cm³/mol. The number of hydrogen-bond donors (Lipinski definition) is 0. The van der Waals surface area contributed by atoms with Gasteiger partial charge < -0.3 is 18.5 Å². The van der Waals surface area contributed by atoms with Crippen molar-refractivity contribution < 1.29 is 23.2 Å². The van der Waals surface area contributed by atoms with Crippen molar-refractivity contribution in [2.75, 3.05) is 13.7 Å². The fraction of sp³-hybridized carbons (Fsp3) is 0.438. The van der Waals surface area contributed by atoms with Crippen molar-refractivity contribution >= 4 is 11.9 Å². The minimum absolute atomic E-state index is 0.0803. The fourth-order valence-corrected chi connectivity index (χ4v) is 1.97. The molecule has 0 bridgehead atoms. The molecule has 0 saturated heterocycles. The van der Waals surface area contributed by atoms with Gasteiger partial charge in [-0.05, 0) is 24.5 Å². The Bertz CT molecular complexity index is 645. The number of amides is 1. The van der Waals surface area contributed by atoms with Crippen molar-refractivity contribution in [1.82, 2.24) is 9.88 Å². The van der Waals surface area contributed by atoms with Crippen molar-refractivity contribution in [3.8, 4) is 0 Å². The van der Waals surface area contributed by atoms with E-state index in [1.165, 1.54) is 19.6 Å². The summed E-state index contributed by atoms with van der Waals surface area (Å²) >= 11 is 0. The lowest BCUT2D eigenvalue weighted by atomic mass is 10.1. The topological polar surface area (TPSA) is 85.8 Å². The third-order valence-corrected chi connectivity index (χ3v) is 3.27. The maximum Gasteiger partial charge on any atom is 0.360 e. The summed E-state index contributed by atoms with van der Waals surface area (Å²) < 4.78 is 15.0. The van der Waals surface area contributed by atoms with Gasteiger partial charge in [0.1, 0.15) is 6.26 Å². The van der Waals surface area contributed by atoms with Gasteiger partial charge in [0.25, 0.3) is 5.91 Å². The number of furan rings is 1. The molecule has 0 fully saturated rings. The Morgan fingerprint density at radius 3 is 2.74 bits per heavy atom. The molecule has 0 atom stereocenters. The molecule has 7 nitrogen and oxygen atoms in total. The molecule has 2 aromatic heterocycles. The second-order valence-corrected chi connectivity index (χ2v) is 5.50. The summed E-state index contributed by atoms with van der Waals surface area (Å²) in [6, 6.07) is 3.27. The number of esters is 1. The van der Waals surface area contributed by atoms with Gasteiger partial charge in [0.2, 0.25) is 5.89 Å². The van der Waals surface area contributed by atoms with Crippen molar-refractivity contribution in [3.63, 3.8) is 0 Å². The average molecular weight is 320 g/mol. The zero-order valence-electron chi connectivity index (χ0n) is 13.4. The minimum atomic E-state index is -0.578. The molecule has 0 aliphatic heterocycles. The number of hydrogen-bond acceptors (Lipinski definition) is 6. The van der Waals surface area contributed by atoms with Gasteiger partial charge in [-0.2, -0.15) is 0 Å². The fourth-order valence-electron chi connectivity index (χ4n) is 1.97. The molecule has 0 spiro atoms. The van der Waals surface area contributed by atoms with Crippen molar-refractivity contribution in [2.45, 2.75) is 26.8 Å². The van der Waals surface area contributed by atoms with E-state index < -0.39 is 5.97 Å². The van der Waals surface area contributed by atoms with E-state index in [1.54, 1.807) is 17.0 Å². The quantitative estimate of drug-likeness (QED) is 0.729. The van der Waals surface area contributed by atoms with Crippen LogP contribution in [0.15, 0.2) is 33.5 Å². The highest BCUT2D eigenvalue weighted by Crippen LogP contribution is 2.13. The standard InChI is InChI=1S/C16H20N2O5/c1-11(2)6-7-18(15(19)13-5-4-8-22-13)9-14-17-12(10-23-14)16(20)21-3/h4-5,8,10-11H,6-7,9H2,1-3H3. The molecule has 124 valence electrons. The van der Waals surface area contributed by atoms with Crippen LogP contribution in [-0.2, 0) is 11.3 Å². The summed E-state index contributed by atoms with van der Waals surface area (Å²) in [5, 5.41) is 0. The van der Waals surface area contributed by atoms with Crippen LogP contribution in [0.1, 0.15) is 47.2 Å². The normalized spacial score (nSPS) is 10.8. The maximum absolute atomic E-state index is 12.5. The van der Waals surface area contributed by atoms with Crippen LogP contribution in [0.3, 0.4) is 0 Å². The van der Waals surface area contributed by atoms with Crippen LogP contribution in [0.5, 0.6) is 0 Å². The lowest BCUT2D eigenvalue weighted by Crippen LogP contribution is -2.32. The molecule has 23 heavy (non-hydrogen) atoms. The third kappa shape index (κ3) is 4.45. The van der Waals surface area contributed by atoms with Crippen LogP contribution < -0.4 is 0 Å². The van der Waals surface area contributed by atoms with Crippen LogP contribution in [0.2, 0.25) is 0 Å². The van der Waals surface area contributed by atoms with Crippen LogP contribution >= 0.6 is 0 Å². The molecule has 0 unspecified atom stereocenters. The number of carbonyl (C=O) groups excluding carboxylic acids is 2. The van der Waals surface area contributed by atoms with Gasteiger partial charge in [0.15, 0.2) is 11.5 Å². The Morgan fingerprint density at radius 2 is 2.13 bits per heavy atom. The Balaban J connectivity index is 2.12. The first kappa shape index (κ1) is 16.8. The van der Waals surface area contributed by atoms with E-state index in [2.05, 4.69) is 23.6 Å². The first-order chi connectivity index (χ1) is 11.0. The first-order valence-corrected chi connectivity index (χ1v) is 7.36. The molecule has 0 radical (unpaired) electrons. The van der Waals surface area contributed by atoms with Gasteiger partial charge in [0.05, 0.1) is 19.9 Å². The van der Waals surface area contributed by atoms with Crippen LogP contribution in [0.4, 0.5) is 0 Å². The number of methoxy groups -OCH3 is 1. The summed E-state index contributed by atoms with van der Waals surface area (Å²) in [6.45, 7) is 4.85. The van der Waals surface area contributed by atoms with Crippen LogP contribution in [0, 0.1) is 5.92 Å².